The van der Waals surface area contributed by atoms with Gasteiger partial charge in [0.05, 0.1) is 19.3 Å². The van der Waals surface area contributed by atoms with Crippen LogP contribution < -0.4 is 9.47 Å². The highest BCUT2D eigenvalue weighted by molar-refractivity contribution is 5.85. The zero-order valence-electron chi connectivity index (χ0n) is 31.0. The number of carbonyl (C=O) groups excluding carboxylic acids is 2. The highest BCUT2D eigenvalue weighted by Gasteiger charge is 2.65. The summed E-state index contributed by atoms with van der Waals surface area (Å²) in [6.07, 6.45) is -6.94. The molecule has 9 nitrogen and oxygen atoms in total. The monoisotopic (exact) mass is 735 g/mol. The molecule has 4 rings (SSSR count). The van der Waals surface area contributed by atoms with Crippen molar-refractivity contribution in [1.29, 1.82) is 0 Å². The van der Waals surface area contributed by atoms with Gasteiger partial charge in [-0.05, 0) is 53.2 Å². The first-order valence-corrected chi connectivity index (χ1v) is 16.8. The largest absolute Gasteiger partial charge is 0.493 e. The van der Waals surface area contributed by atoms with Crippen molar-refractivity contribution in [2.45, 2.75) is 97.1 Å². The molecule has 1 aromatic heterocycles. The third-order valence-electron chi connectivity index (χ3n) is 9.54. The molecule has 0 bridgehead atoms. The van der Waals surface area contributed by atoms with E-state index in [0.717, 1.165) is 25.7 Å². The van der Waals surface area contributed by atoms with E-state index in [2.05, 4.69) is 4.98 Å². The molecule has 1 aliphatic heterocycles. The van der Waals surface area contributed by atoms with Gasteiger partial charge in [-0.25, -0.2) is 9.18 Å². The number of amides is 2. The first-order chi connectivity index (χ1) is 24.1. The second-order valence-electron chi connectivity index (χ2n) is 14.3. The summed E-state index contributed by atoms with van der Waals surface area (Å²) in [7, 11) is 4.10. The molecule has 0 N–H and O–H groups in total. The second-order valence-corrected chi connectivity index (χ2v) is 14.3. The molecule has 0 spiro atoms. The lowest BCUT2D eigenvalue weighted by Gasteiger charge is -2.32. The average Bonchev–Trinajstić information content (AvgIpc) is 3.35. The number of benzene rings is 2. The molecule has 2 aromatic carbocycles. The van der Waals surface area contributed by atoms with Gasteiger partial charge in [-0.2, -0.15) is 17.6 Å². The van der Waals surface area contributed by atoms with Crippen LogP contribution in [0, 0.1) is 24.5 Å². The molecule has 2 amide bonds. The predicted octanol–water partition coefficient (Wildman–Crippen LogP) is 8.28. The van der Waals surface area contributed by atoms with Gasteiger partial charge in [0.25, 0.3) is 0 Å². The minimum absolute atomic E-state index is 0.0180. The lowest BCUT2D eigenvalue weighted by molar-refractivity contribution is -0.275. The Balaban J connectivity index is 1.80. The summed E-state index contributed by atoms with van der Waals surface area (Å²) in [6.45, 7) is 10.6. The van der Waals surface area contributed by atoms with E-state index in [9.17, 15) is 31.5 Å². The minimum Gasteiger partial charge on any atom is -0.493 e. The van der Waals surface area contributed by atoms with Crippen LogP contribution in [0.3, 0.4) is 0 Å². The zero-order chi connectivity index (χ0) is 38.9. The predicted molar refractivity (Wildman–Crippen MR) is 183 cm³/mol. The van der Waals surface area contributed by atoms with Crippen molar-refractivity contribution in [3.63, 3.8) is 0 Å². The number of methoxy groups -OCH3 is 1. The Kier molecular flexibility index (Phi) is 11.8. The van der Waals surface area contributed by atoms with Gasteiger partial charge >= 0.3 is 12.3 Å². The lowest BCUT2D eigenvalue weighted by Crippen LogP contribution is -2.47. The molecular weight excluding hydrogens is 689 g/mol. The number of aromatic nitrogens is 1. The third kappa shape index (κ3) is 8.27. The van der Waals surface area contributed by atoms with Crippen molar-refractivity contribution in [1.82, 2.24) is 14.8 Å². The van der Waals surface area contributed by atoms with Crippen molar-refractivity contribution in [2.24, 2.45) is 5.92 Å². The van der Waals surface area contributed by atoms with E-state index in [-0.39, 0.29) is 30.2 Å². The number of carbonyl (C=O) groups is 2. The zero-order valence-corrected chi connectivity index (χ0v) is 31.0. The number of alkyl halides is 3. The maximum atomic E-state index is 15.0. The first-order valence-electron chi connectivity index (χ1n) is 16.8. The van der Waals surface area contributed by atoms with Crippen molar-refractivity contribution < 1.29 is 50.5 Å². The van der Waals surface area contributed by atoms with E-state index in [1.807, 2.05) is 30.3 Å². The number of hydrogen-bond donors (Lipinski definition) is 0. The first kappa shape index (κ1) is 40.3. The Bertz CT molecular complexity index is 1770. The number of nitrogens with zero attached hydrogens (tertiary/aromatic N) is 3. The molecule has 2 heterocycles. The molecule has 1 aliphatic rings. The average molecular weight is 736 g/mol. The van der Waals surface area contributed by atoms with E-state index < -0.39 is 70.7 Å². The number of aryl methyl sites for hydroxylation is 1. The van der Waals surface area contributed by atoms with E-state index in [0.29, 0.717) is 11.3 Å². The Morgan fingerprint density at radius 3 is 2.27 bits per heavy atom. The number of likely N-dealkylation sites (N-methyl/N-ethyl adjacent to an activating group) is 2. The number of hydrogen-bond acceptors (Lipinski definition) is 7. The van der Waals surface area contributed by atoms with Crippen LogP contribution in [0.5, 0.6) is 11.5 Å². The van der Waals surface area contributed by atoms with Crippen LogP contribution in [0.1, 0.15) is 81.6 Å². The Labute approximate surface area is 301 Å². The maximum Gasteiger partial charge on any atom is 0.417 e. The van der Waals surface area contributed by atoms with Crippen LogP contribution in [0.25, 0.3) is 0 Å². The van der Waals surface area contributed by atoms with Gasteiger partial charge in [0, 0.05) is 48.8 Å². The summed E-state index contributed by atoms with van der Waals surface area (Å²) >= 11 is 0. The summed E-state index contributed by atoms with van der Waals surface area (Å²) in [4.78, 5) is 33.5. The lowest BCUT2D eigenvalue weighted by atomic mass is 9.76. The van der Waals surface area contributed by atoms with Gasteiger partial charge in [0.15, 0.2) is 17.2 Å². The minimum atomic E-state index is -4.85. The van der Waals surface area contributed by atoms with E-state index in [4.69, 9.17) is 18.9 Å². The van der Waals surface area contributed by atoms with Crippen LogP contribution in [0.2, 0.25) is 0 Å². The van der Waals surface area contributed by atoms with E-state index in [1.165, 1.54) is 43.0 Å². The third-order valence-corrected chi connectivity index (χ3v) is 9.54. The molecule has 1 fully saturated rings. The van der Waals surface area contributed by atoms with Crippen LogP contribution in [-0.2, 0) is 27.4 Å². The summed E-state index contributed by atoms with van der Waals surface area (Å²) < 4.78 is 96.1. The summed E-state index contributed by atoms with van der Waals surface area (Å²) in [5.41, 5.74) is -1.89. The Hall–Kier alpha value is -4.46. The molecule has 1 saturated heterocycles. The fourth-order valence-corrected chi connectivity index (χ4v) is 6.25. The molecule has 0 radical (unpaired) electrons. The molecule has 0 saturated carbocycles. The molecule has 14 heteroatoms. The normalized spacial score (nSPS) is 21.0. The van der Waals surface area contributed by atoms with Crippen LogP contribution in [-0.4, -0.2) is 71.4 Å². The van der Waals surface area contributed by atoms with Crippen LogP contribution in [0.4, 0.5) is 26.7 Å². The highest BCUT2D eigenvalue weighted by atomic mass is 19.4. The quantitative estimate of drug-likeness (QED) is 0.194. The molecule has 0 aliphatic carbocycles. The Morgan fingerprint density at radius 1 is 1.06 bits per heavy atom. The summed E-state index contributed by atoms with van der Waals surface area (Å²) in [5, 5.41) is 0. The Morgan fingerprint density at radius 2 is 1.69 bits per heavy atom. The maximum absolute atomic E-state index is 15.0. The van der Waals surface area contributed by atoms with Gasteiger partial charge in [0.2, 0.25) is 11.7 Å². The number of rotatable bonds is 10. The van der Waals surface area contributed by atoms with Crippen molar-refractivity contribution >= 4 is 12.0 Å². The molecule has 3 aromatic rings. The SMILES string of the molecule is COc1c([C@H]2[C@H](c3cc(OCc4ccccc4)c(CN(C)C(=O)[C@H](C)N(C)C(=O)OC(C)(C)C)c(C)n3)O[C@@](C)(C(F)(F)F)[C@H]2C)ccc(F)c1F. The number of halogens is 5. The van der Waals surface area contributed by atoms with Gasteiger partial charge < -0.3 is 23.8 Å². The summed E-state index contributed by atoms with van der Waals surface area (Å²) in [6, 6.07) is 11.7. The standard InChI is InChI=1S/C38H46F5N3O6/c1-21-30(25-16-17-27(39)31(40)32(25)49-10)33(51-37(21,7)38(41,42)43)28-18-29(50-20-24-14-12-11-13-15-24)26(22(2)44-28)19-45(8)34(47)23(3)46(9)35(48)52-36(4,5)6/h11-18,21,23,30,33H,19-20H2,1-10H3/t21-,23-,30-,33-,37+/m0/s1. The smallest absolute Gasteiger partial charge is 0.417 e. The van der Waals surface area contributed by atoms with Crippen molar-refractivity contribution in [3.05, 3.63) is 88.2 Å². The van der Waals surface area contributed by atoms with Crippen LogP contribution >= 0.6 is 0 Å². The van der Waals surface area contributed by atoms with Gasteiger partial charge in [-0.15, -0.1) is 0 Å². The van der Waals surface area contributed by atoms with E-state index in [1.54, 1.807) is 34.6 Å². The fourth-order valence-electron chi connectivity index (χ4n) is 6.25. The molecule has 0 unspecified atom stereocenters. The topological polar surface area (TPSA) is 90.4 Å². The molecule has 5 atom stereocenters. The molecule has 52 heavy (non-hydrogen) atoms. The molecular formula is C38H46F5N3O6. The van der Waals surface area contributed by atoms with E-state index >= 15 is 0 Å². The fraction of sp³-hybridized carbons (Fsp3) is 0.500. The van der Waals surface area contributed by atoms with Gasteiger partial charge in [-0.1, -0.05) is 43.3 Å². The van der Waals surface area contributed by atoms with Crippen molar-refractivity contribution in [3.8, 4) is 11.5 Å². The number of ether oxygens (including phenoxy) is 4. The van der Waals surface area contributed by atoms with Crippen LogP contribution in [0.15, 0.2) is 48.5 Å². The second kappa shape index (κ2) is 15.3. The van der Waals surface area contributed by atoms with Gasteiger partial charge in [-0.3, -0.25) is 14.7 Å². The molecule has 284 valence electrons. The number of pyridine rings is 1. The van der Waals surface area contributed by atoms with Gasteiger partial charge in [0.1, 0.15) is 30.1 Å². The summed E-state index contributed by atoms with van der Waals surface area (Å²) in [5.74, 6) is -5.79. The van der Waals surface area contributed by atoms with Crippen molar-refractivity contribution in [2.75, 3.05) is 21.2 Å². The highest BCUT2D eigenvalue weighted by Crippen LogP contribution is 2.59.